The predicted molar refractivity (Wildman–Crippen MR) is 53.7 cm³/mol. The van der Waals surface area contributed by atoms with E-state index in [0.29, 0.717) is 0 Å². The first-order valence-electron chi connectivity index (χ1n) is 5.48. The number of alkyl halides is 3. The number of Topliss-reactive ketones (excluding diaryl/α,β-unsaturated/α-hetero) is 1. The second-order valence-corrected chi connectivity index (χ2v) is 4.39. The monoisotopic (exact) mass is 230 g/mol. The Bertz CT molecular complexity index is 348. The normalized spacial score (nSPS) is 26.2. The summed E-state index contributed by atoms with van der Waals surface area (Å²) in [5, 5.41) is 0. The highest BCUT2D eigenvalue weighted by atomic mass is 19.4. The fourth-order valence-corrected chi connectivity index (χ4v) is 2.04. The number of hydrogen-bond acceptors (Lipinski definition) is 1. The molecule has 0 bridgehead atoms. The lowest BCUT2D eigenvalue weighted by molar-refractivity contribution is -0.128. The molecule has 0 saturated heterocycles. The molecule has 0 N–H and O–H groups in total. The van der Waals surface area contributed by atoms with Crippen molar-refractivity contribution < 1.29 is 18.0 Å². The Balaban J connectivity index is 1.97. The van der Waals surface area contributed by atoms with Crippen LogP contribution in [0.5, 0.6) is 0 Å². The highest BCUT2D eigenvalue weighted by molar-refractivity contribution is 5.86. The van der Waals surface area contributed by atoms with Gasteiger partial charge in [-0.3, -0.25) is 4.79 Å². The molecule has 0 radical (unpaired) electrons. The summed E-state index contributed by atoms with van der Waals surface area (Å²) < 4.78 is 36.9. The molecule has 0 aliphatic heterocycles. The Labute approximate surface area is 92.0 Å². The van der Waals surface area contributed by atoms with Crippen LogP contribution in [-0.2, 0) is 4.79 Å². The zero-order valence-electron chi connectivity index (χ0n) is 8.76. The summed E-state index contributed by atoms with van der Waals surface area (Å²) in [4.78, 5) is 11.8. The van der Waals surface area contributed by atoms with E-state index in [1.165, 1.54) is 6.08 Å². The van der Waals surface area contributed by atoms with Crippen molar-refractivity contribution in [1.29, 1.82) is 0 Å². The van der Waals surface area contributed by atoms with Crippen molar-refractivity contribution >= 4 is 5.78 Å². The number of carbonyl (C=O) groups is 1. The highest BCUT2D eigenvalue weighted by Gasteiger charge is 2.35. The van der Waals surface area contributed by atoms with E-state index in [0.717, 1.165) is 31.4 Å². The Kier molecular flexibility index (Phi) is 2.91. The molecule has 2 aliphatic carbocycles. The summed E-state index contributed by atoms with van der Waals surface area (Å²) in [5.41, 5.74) is -0.634. The fourth-order valence-electron chi connectivity index (χ4n) is 2.04. The maximum absolute atomic E-state index is 12.3. The summed E-state index contributed by atoms with van der Waals surface area (Å²) in [5.74, 6) is -0.133. The predicted octanol–water partition coefficient (Wildman–Crippen LogP) is 3.42. The molecule has 0 amide bonds. The molecule has 1 unspecified atom stereocenters. The second kappa shape index (κ2) is 4.07. The van der Waals surface area contributed by atoms with Crippen LogP contribution in [0.25, 0.3) is 0 Å². The number of allylic oxidation sites excluding steroid dienone is 4. The van der Waals surface area contributed by atoms with Crippen molar-refractivity contribution in [3.8, 4) is 0 Å². The molecule has 1 atom stereocenters. The van der Waals surface area contributed by atoms with E-state index >= 15 is 0 Å². The maximum Gasteiger partial charge on any atom is 0.416 e. The van der Waals surface area contributed by atoms with Gasteiger partial charge in [0.05, 0.1) is 5.57 Å². The largest absolute Gasteiger partial charge is 0.416 e. The summed E-state index contributed by atoms with van der Waals surface area (Å²) in [6.07, 6.45) is 2.34. The topological polar surface area (TPSA) is 17.1 Å². The summed E-state index contributed by atoms with van der Waals surface area (Å²) in [6.45, 7) is 0. The van der Waals surface area contributed by atoms with Gasteiger partial charge in [0.2, 0.25) is 0 Å². The third-order valence-corrected chi connectivity index (χ3v) is 3.30. The number of carbonyl (C=O) groups excluding carboxylic acids is 1. The molecule has 1 saturated carbocycles. The molecule has 0 spiro atoms. The van der Waals surface area contributed by atoms with Crippen LogP contribution in [0.3, 0.4) is 0 Å². The van der Waals surface area contributed by atoms with Gasteiger partial charge in [-0.2, -0.15) is 13.2 Å². The second-order valence-electron chi connectivity index (χ2n) is 4.39. The van der Waals surface area contributed by atoms with E-state index in [1.54, 1.807) is 0 Å². The third kappa shape index (κ3) is 2.20. The molecule has 4 heteroatoms. The quantitative estimate of drug-likeness (QED) is 0.710. The van der Waals surface area contributed by atoms with Gasteiger partial charge in [0.25, 0.3) is 0 Å². The average Bonchev–Trinajstić information content (AvgIpc) is 2.14. The third-order valence-electron chi connectivity index (χ3n) is 3.30. The van der Waals surface area contributed by atoms with Gasteiger partial charge in [-0.1, -0.05) is 24.6 Å². The lowest BCUT2D eigenvalue weighted by Gasteiger charge is -2.27. The van der Waals surface area contributed by atoms with Crippen LogP contribution in [0, 0.1) is 11.8 Å². The van der Waals surface area contributed by atoms with E-state index < -0.39 is 11.7 Å². The minimum Gasteiger partial charge on any atom is -0.299 e. The minimum absolute atomic E-state index is 0.0930. The lowest BCUT2D eigenvalue weighted by atomic mass is 9.76. The van der Waals surface area contributed by atoms with Crippen molar-refractivity contribution in [3.05, 3.63) is 23.8 Å². The zero-order valence-corrected chi connectivity index (χ0v) is 8.76. The van der Waals surface area contributed by atoms with Crippen molar-refractivity contribution in [2.45, 2.75) is 31.9 Å². The fraction of sp³-hybridized carbons (Fsp3) is 0.583. The number of hydrogen-bond donors (Lipinski definition) is 0. The van der Waals surface area contributed by atoms with Gasteiger partial charge in [0.1, 0.15) is 5.78 Å². The van der Waals surface area contributed by atoms with Crippen molar-refractivity contribution in [2.75, 3.05) is 0 Å². The van der Waals surface area contributed by atoms with Crippen LogP contribution in [0.2, 0.25) is 0 Å². The van der Waals surface area contributed by atoms with Crippen LogP contribution >= 0.6 is 0 Å². The first kappa shape index (κ1) is 11.4. The smallest absolute Gasteiger partial charge is 0.299 e. The highest BCUT2D eigenvalue weighted by Crippen LogP contribution is 2.35. The number of rotatable bonds is 2. The van der Waals surface area contributed by atoms with E-state index in [1.807, 2.05) is 0 Å². The average molecular weight is 230 g/mol. The molecule has 2 rings (SSSR count). The summed E-state index contributed by atoms with van der Waals surface area (Å²) in [6, 6.07) is 0. The molecule has 88 valence electrons. The standard InChI is InChI=1S/C12H13F3O/c13-12(14,15)10-6-4-9(5-7-10)11(16)8-2-1-3-8/h4,6-9H,1-3,5H2. The van der Waals surface area contributed by atoms with Gasteiger partial charge in [0, 0.05) is 11.8 Å². The van der Waals surface area contributed by atoms with Crippen LogP contribution in [0.15, 0.2) is 23.8 Å². The molecular weight excluding hydrogens is 217 g/mol. The molecule has 1 fully saturated rings. The maximum atomic E-state index is 12.3. The molecule has 0 aromatic heterocycles. The molecule has 0 aromatic carbocycles. The molecule has 1 nitrogen and oxygen atoms in total. The van der Waals surface area contributed by atoms with Crippen LogP contribution in [-0.4, -0.2) is 12.0 Å². The molecule has 2 aliphatic rings. The van der Waals surface area contributed by atoms with Gasteiger partial charge >= 0.3 is 6.18 Å². The lowest BCUT2D eigenvalue weighted by Crippen LogP contribution is -2.28. The van der Waals surface area contributed by atoms with E-state index in [-0.39, 0.29) is 24.0 Å². The SMILES string of the molecule is O=C(C1C=CC(C(F)(F)F)=CC1)C1CCC1. The van der Waals surface area contributed by atoms with Crippen LogP contribution in [0.4, 0.5) is 13.2 Å². The molecular formula is C12H13F3O. The first-order chi connectivity index (χ1) is 7.48. The molecule has 16 heavy (non-hydrogen) atoms. The van der Waals surface area contributed by atoms with E-state index in [2.05, 4.69) is 0 Å². The molecule has 0 heterocycles. The van der Waals surface area contributed by atoms with Gasteiger partial charge in [-0.25, -0.2) is 0 Å². The minimum atomic E-state index is -4.29. The van der Waals surface area contributed by atoms with Crippen molar-refractivity contribution in [3.63, 3.8) is 0 Å². The Morgan fingerprint density at radius 1 is 1.31 bits per heavy atom. The summed E-state index contributed by atoms with van der Waals surface area (Å²) >= 11 is 0. The Hall–Kier alpha value is -1.06. The van der Waals surface area contributed by atoms with Crippen LogP contribution < -0.4 is 0 Å². The Morgan fingerprint density at radius 3 is 2.38 bits per heavy atom. The number of ketones is 1. The first-order valence-corrected chi connectivity index (χ1v) is 5.48. The van der Waals surface area contributed by atoms with Crippen LogP contribution in [0.1, 0.15) is 25.7 Å². The number of halogens is 3. The van der Waals surface area contributed by atoms with Gasteiger partial charge in [-0.05, 0) is 19.3 Å². The zero-order chi connectivity index (χ0) is 11.8. The van der Waals surface area contributed by atoms with Crippen molar-refractivity contribution in [2.24, 2.45) is 11.8 Å². The van der Waals surface area contributed by atoms with Gasteiger partial charge in [0.15, 0.2) is 0 Å². The van der Waals surface area contributed by atoms with E-state index in [9.17, 15) is 18.0 Å². The summed E-state index contributed by atoms with van der Waals surface area (Å²) in [7, 11) is 0. The van der Waals surface area contributed by atoms with E-state index in [4.69, 9.17) is 0 Å². The van der Waals surface area contributed by atoms with Gasteiger partial charge in [-0.15, -0.1) is 0 Å². The Morgan fingerprint density at radius 2 is 2.00 bits per heavy atom. The van der Waals surface area contributed by atoms with Crippen molar-refractivity contribution in [1.82, 2.24) is 0 Å². The molecule has 0 aromatic rings. The van der Waals surface area contributed by atoms with Gasteiger partial charge < -0.3 is 0 Å².